The molecule has 1 fully saturated rings. The minimum absolute atomic E-state index is 0.0254. The highest BCUT2D eigenvalue weighted by molar-refractivity contribution is 5.89. The lowest BCUT2D eigenvalue weighted by Crippen LogP contribution is -2.37. The first-order valence-electron chi connectivity index (χ1n) is 7.97. The quantitative estimate of drug-likeness (QED) is 0.455. The first-order chi connectivity index (χ1) is 13.0. The molecule has 150 valence electrons. The van der Waals surface area contributed by atoms with Gasteiger partial charge in [-0.1, -0.05) is 0 Å². The van der Waals surface area contributed by atoms with Gasteiger partial charge in [-0.2, -0.15) is 26.3 Å². The minimum atomic E-state index is -4.97. The van der Waals surface area contributed by atoms with Crippen molar-refractivity contribution in [3.8, 4) is 11.4 Å². The number of carbonyl (C=O) groups excluding carboxylic acids is 1. The molecular weight excluding hydrogens is 392 g/mol. The van der Waals surface area contributed by atoms with Crippen LogP contribution in [0.1, 0.15) is 24.0 Å². The Morgan fingerprint density at radius 3 is 2.21 bits per heavy atom. The van der Waals surface area contributed by atoms with Crippen LogP contribution in [0.2, 0.25) is 0 Å². The van der Waals surface area contributed by atoms with E-state index in [0.717, 1.165) is 29.9 Å². The third kappa shape index (κ3) is 5.09. The number of hydrazine groups is 1. The second kappa shape index (κ2) is 7.26. The Balaban J connectivity index is 1.82. The van der Waals surface area contributed by atoms with Crippen LogP contribution in [0.5, 0.6) is 0 Å². The third-order valence-electron chi connectivity index (χ3n) is 3.71. The molecule has 2 aromatic rings. The number of benzene rings is 1. The lowest BCUT2D eigenvalue weighted by atomic mass is 10.0. The molecule has 1 aliphatic carbocycles. The minimum Gasteiger partial charge on any atom is -0.288 e. The molecule has 12 heteroatoms. The lowest BCUT2D eigenvalue weighted by Gasteiger charge is -2.13. The van der Waals surface area contributed by atoms with E-state index in [0.29, 0.717) is 12.1 Å². The van der Waals surface area contributed by atoms with Crippen LogP contribution in [0, 0.1) is 0 Å². The van der Waals surface area contributed by atoms with Crippen molar-refractivity contribution in [2.75, 3.05) is 0 Å². The number of rotatable bonds is 5. The second-order valence-electron chi connectivity index (χ2n) is 6.07. The van der Waals surface area contributed by atoms with Crippen molar-refractivity contribution in [3.05, 3.63) is 41.7 Å². The molecule has 28 heavy (non-hydrogen) atoms. The highest BCUT2D eigenvalue weighted by atomic mass is 19.4. The van der Waals surface area contributed by atoms with Crippen molar-refractivity contribution >= 4 is 12.1 Å². The number of nitrogens with one attached hydrogen (secondary N) is 2. The zero-order chi connectivity index (χ0) is 20.5. The molecule has 0 bridgehead atoms. The first kappa shape index (κ1) is 19.9. The number of aromatic nitrogens is 3. The fourth-order valence-corrected chi connectivity index (χ4v) is 2.15. The van der Waals surface area contributed by atoms with Gasteiger partial charge in [0.05, 0.1) is 11.1 Å². The van der Waals surface area contributed by atoms with E-state index >= 15 is 0 Å². The molecule has 0 saturated heterocycles. The molecule has 0 spiro atoms. The van der Waals surface area contributed by atoms with Crippen LogP contribution in [0.3, 0.4) is 0 Å². The lowest BCUT2D eigenvalue weighted by molar-refractivity contribution is -0.143. The van der Waals surface area contributed by atoms with Gasteiger partial charge in [-0.25, -0.2) is 15.1 Å². The Morgan fingerprint density at radius 1 is 1.07 bits per heavy atom. The molecule has 1 amide bonds. The highest BCUT2D eigenvalue weighted by Gasteiger charge is 2.37. The number of carbonyl (C=O) groups is 1. The standard InChI is InChI=1S/C16H13F6N5O/c17-15(18,19)10-5-9(6-11(7-10)16(20,21)22)14-23-8-27(26-14)4-3-13(28)25-24-12-1-2-12/h3-8,12,24H,1-2H2,(H,25,28). The van der Waals surface area contributed by atoms with Crippen LogP contribution in [0.15, 0.2) is 30.6 Å². The van der Waals surface area contributed by atoms with Crippen LogP contribution in [-0.4, -0.2) is 26.7 Å². The van der Waals surface area contributed by atoms with Crippen molar-refractivity contribution < 1.29 is 31.1 Å². The third-order valence-corrected chi connectivity index (χ3v) is 3.71. The summed E-state index contributed by atoms with van der Waals surface area (Å²) in [7, 11) is 0. The zero-order valence-corrected chi connectivity index (χ0v) is 14.0. The molecule has 3 rings (SSSR count). The molecule has 6 nitrogen and oxygen atoms in total. The fraction of sp³-hybridized carbons (Fsp3) is 0.312. The van der Waals surface area contributed by atoms with E-state index in [9.17, 15) is 31.1 Å². The van der Waals surface area contributed by atoms with Gasteiger partial charge in [0.25, 0.3) is 5.91 Å². The molecule has 0 radical (unpaired) electrons. The van der Waals surface area contributed by atoms with Crippen LogP contribution in [0.4, 0.5) is 26.3 Å². The summed E-state index contributed by atoms with van der Waals surface area (Å²) in [5, 5.41) is 3.79. The van der Waals surface area contributed by atoms with Gasteiger partial charge in [0, 0.05) is 23.9 Å². The summed E-state index contributed by atoms with van der Waals surface area (Å²) in [5.74, 6) is -0.847. The normalized spacial score (nSPS) is 15.2. The van der Waals surface area contributed by atoms with Crippen LogP contribution < -0.4 is 10.9 Å². The summed E-state index contributed by atoms with van der Waals surface area (Å²) in [4.78, 5) is 15.3. The van der Waals surface area contributed by atoms with E-state index in [1.165, 1.54) is 6.20 Å². The molecule has 1 heterocycles. The fourth-order valence-electron chi connectivity index (χ4n) is 2.15. The number of hydrogen-bond acceptors (Lipinski definition) is 4. The van der Waals surface area contributed by atoms with E-state index in [-0.39, 0.29) is 17.9 Å². The number of hydrogen-bond donors (Lipinski definition) is 2. The Hall–Kier alpha value is -2.89. The second-order valence-corrected chi connectivity index (χ2v) is 6.07. The van der Waals surface area contributed by atoms with E-state index < -0.39 is 35.0 Å². The van der Waals surface area contributed by atoms with Gasteiger partial charge in [-0.05, 0) is 31.0 Å². The molecular formula is C16H13F6N5O. The molecule has 1 aliphatic rings. The topological polar surface area (TPSA) is 71.8 Å². The number of amides is 1. The predicted octanol–water partition coefficient (Wildman–Crippen LogP) is 3.24. The van der Waals surface area contributed by atoms with Gasteiger partial charge in [0.2, 0.25) is 0 Å². The smallest absolute Gasteiger partial charge is 0.288 e. The van der Waals surface area contributed by atoms with Crippen molar-refractivity contribution in [2.24, 2.45) is 0 Å². The Kier molecular flexibility index (Phi) is 5.15. The van der Waals surface area contributed by atoms with Crippen molar-refractivity contribution in [1.29, 1.82) is 0 Å². The Morgan fingerprint density at radius 2 is 1.68 bits per heavy atom. The molecule has 0 aliphatic heterocycles. The largest absolute Gasteiger partial charge is 0.416 e. The predicted molar refractivity (Wildman–Crippen MR) is 85.1 cm³/mol. The molecule has 1 aromatic heterocycles. The highest BCUT2D eigenvalue weighted by Crippen LogP contribution is 2.38. The SMILES string of the molecule is O=C(C=Cn1cnc(-c2cc(C(F)(F)F)cc(C(F)(F)F)c2)n1)NNC1CC1. The van der Waals surface area contributed by atoms with Gasteiger partial charge < -0.3 is 0 Å². The van der Waals surface area contributed by atoms with Gasteiger partial charge in [-0.15, -0.1) is 5.10 Å². The molecule has 2 N–H and O–H groups in total. The van der Waals surface area contributed by atoms with Crippen LogP contribution in [0.25, 0.3) is 17.6 Å². The Labute approximate surface area is 154 Å². The summed E-state index contributed by atoms with van der Waals surface area (Å²) in [6.07, 6.45) is -4.72. The molecule has 0 atom stereocenters. The Bertz CT molecular complexity index is 865. The number of alkyl halides is 6. The van der Waals surface area contributed by atoms with Gasteiger partial charge in [-0.3, -0.25) is 10.2 Å². The van der Waals surface area contributed by atoms with E-state index in [1.54, 1.807) is 0 Å². The molecule has 1 saturated carbocycles. The molecule has 1 aromatic carbocycles. The van der Waals surface area contributed by atoms with E-state index in [4.69, 9.17) is 0 Å². The number of halogens is 6. The summed E-state index contributed by atoms with van der Waals surface area (Å²) in [6.45, 7) is 0. The summed E-state index contributed by atoms with van der Waals surface area (Å²) >= 11 is 0. The number of nitrogens with zero attached hydrogens (tertiary/aromatic N) is 3. The summed E-state index contributed by atoms with van der Waals surface area (Å²) in [5.41, 5.74) is 1.79. The van der Waals surface area contributed by atoms with E-state index in [1.807, 2.05) is 0 Å². The monoisotopic (exact) mass is 405 g/mol. The van der Waals surface area contributed by atoms with Gasteiger partial charge >= 0.3 is 12.4 Å². The van der Waals surface area contributed by atoms with Gasteiger partial charge in [0.15, 0.2) is 5.82 Å². The van der Waals surface area contributed by atoms with E-state index in [2.05, 4.69) is 20.9 Å². The average Bonchev–Trinajstić information content (AvgIpc) is 3.32. The van der Waals surface area contributed by atoms with Crippen LogP contribution in [-0.2, 0) is 17.1 Å². The maximum absolute atomic E-state index is 12.9. The maximum Gasteiger partial charge on any atom is 0.416 e. The van der Waals surface area contributed by atoms with Gasteiger partial charge in [0.1, 0.15) is 6.33 Å². The molecule has 0 unspecified atom stereocenters. The summed E-state index contributed by atoms with van der Waals surface area (Å²) in [6, 6.07) is 1.33. The summed E-state index contributed by atoms with van der Waals surface area (Å²) < 4.78 is 78.6. The van der Waals surface area contributed by atoms with Crippen molar-refractivity contribution in [3.63, 3.8) is 0 Å². The van der Waals surface area contributed by atoms with Crippen molar-refractivity contribution in [2.45, 2.75) is 31.2 Å². The maximum atomic E-state index is 12.9. The van der Waals surface area contributed by atoms with Crippen molar-refractivity contribution in [1.82, 2.24) is 25.6 Å². The average molecular weight is 405 g/mol. The first-order valence-corrected chi connectivity index (χ1v) is 7.97. The van der Waals surface area contributed by atoms with Crippen LogP contribution >= 0.6 is 0 Å². The zero-order valence-electron chi connectivity index (χ0n) is 14.0.